The van der Waals surface area contributed by atoms with Crippen LogP contribution in [0.2, 0.25) is 0 Å². The van der Waals surface area contributed by atoms with E-state index < -0.39 is 10.0 Å². The van der Waals surface area contributed by atoms with Gasteiger partial charge in [-0.3, -0.25) is 0 Å². The number of hydrogen-bond donors (Lipinski definition) is 1. The van der Waals surface area contributed by atoms with Gasteiger partial charge in [0.15, 0.2) is 0 Å². The van der Waals surface area contributed by atoms with Crippen molar-refractivity contribution in [3.63, 3.8) is 0 Å². The van der Waals surface area contributed by atoms with Crippen LogP contribution in [0, 0.1) is 37.0 Å². The maximum Gasteiger partial charge on any atom is 0.264 e. The Morgan fingerprint density at radius 2 is 1.75 bits per heavy atom. The van der Waals surface area contributed by atoms with Gasteiger partial charge in [-0.2, -0.15) is 4.98 Å². The zero-order chi connectivity index (χ0) is 31.1. The smallest absolute Gasteiger partial charge is 0.264 e. The third kappa shape index (κ3) is 6.36. The molecule has 0 radical (unpaired) electrons. The molecule has 3 aromatic rings. The second-order valence-electron chi connectivity index (χ2n) is 13.8. The molecule has 1 aromatic heterocycles. The fourth-order valence-corrected chi connectivity index (χ4v) is 9.09. The average Bonchev–Trinajstić information content (AvgIpc) is 2.95. The zero-order valence-corrected chi connectivity index (χ0v) is 27.2. The number of nitrogens with one attached hydrogen (secondary N) is 1. The van der Waals surface area contributed by atoms with Gasteiger partial charge in [-0.1, -0.05) is 44.2 Å². The van der Waals surface area contributed by atoms with Crippen LogP contribution in [0.4, 0.5) is 10.3 Å². The Morgan fingerprint density at radius 3 is 2.43 bits per heavy atom. The highest BCUT2D eigenvalue weighted by Gasteiger charge is 2.50. The monoisotopic (exact) mass is 620 g/mol. The predicted octanol–water partition coefficient (Wildman–Crippen LogP) is 7.16. The third-order valence-corrected chi connectivity index (χ3v) is 11.5. The number of piperidine rings is 1. The van der Waals surface area contributed by atoms with Crippen molar-refractivity contribution < 1.29 is 17.5 Å². The quantitative estimate of drug-likeness (QED) is 0.315. The maximum absolute atomic E-state index is 13.8. The number of nitrogens with zero attached hydrogens (tertiary/aromatic N) is 3. The van der Waals surface area contributed by atoms with Crippen LogP contribution in [0.15, 0.2) is 53.4 Å². The van der Waals surface area contributed by atoms with Crippen molar-refractivity contribution in [2.75, 3.05) is 37.6 Å². The van der Waals surface area contributed by atoms with E-state index in [1.807, 2.05) is 50.2 Å². The summed E-state index contributed by atoms with van der Waals surface area (Å²) in [5.41, 5.74) is 5.03. The first-order chi connectivity index (χ1) is 21.1. The van der Waals surface area contributed by atoms with Crippen molar-refractivity contribution in [1.82, 2.24) is 14.9 Å². The number of fused-ring (bicyclic) bond motifs is 4. The molecular formula is C35H45FN4O3S. The summed E-state index contributed by atoms with van der Waals surface area (Å²) in [6, 6.07) is 15.4. The molecule has 2 aromatic carbocycles. The summed E-state index contributed by atoms with van der Waals surface area (Å²) in [4.78, 5) is 11.7. The Morgan fingerprint density at radius 1 is 1.05 bits per heavy atom. The summed E-state index contributed by atoms with van der Waals surface area (Å²) >= 11 is 0. The molecule has 4 bridgehead atoms. The van der Waals surface area contributed by atoms with Crippen LogP contribution >= 0.6 is 0 Å². The molecule has 1 saturated heterocycles. The highest BCUT2D eigenvalue weighted by molar-refractivity contribution is 7.92. The van der Waals surface area contributed by atoms with Gasteiger partial charge in [-0.25, -0.2) is 22.5 Å². The lowest BCUT2D eigenvalue weighted by atomic mass is 9.52. The van der Waals surface area contributed by atoms with Crippen LogP contribution in [-0.2, 0) is 10.0 Å². The largest absolute Gasteiger partial charge is 0.477 e. The summed E-state index contributed by atoms with van der Waals surface area (Å²) in [5.74, 6) is 1.57. The van der Waals surface area contributed by atoms with E-state index in [1.165, 1.54) is 0 Å². The van der Waals surface area contributed by atoms with Crippen molar-refractivity contribution in [3.05, 3.63) is 65.2 Å². The highest BCUT2D eigenvalue weighted by Crippen LogP contribution is 2.59. The lowest BCUT2D eigenvalue weighted by Gasteiger charge is -2.55. The van der Waals surface area contributed by atoms with Crippen molar-refractivity contribution in [1.29, 1.82) is 0 Å². The molecule has 1 saturated carbocycles. The molecule has 1 aliphatic carbocycles. The molecule has 1 N–H and O–H groups in total. The van der Waals surface area contributed by atoms with Crippen LogP contribution in [0.25, 0.3) is 11.3 Å². The minimum absolute atomic E-state index is 0.00290. The Labute approximate surface area is 261 Å². The van der Waals surface area contributed by atoms with Crippen molar-refractivity contribution in [3.8, 4) is 17.1 Å². The van der Waals surface area contributed by atoms with Gasteiger partial charge in [0, 0.05) is 24.1 Å². The van der Waals surface area contributed by atoms with E-state index in [0.29, 0.717) is 42.0 Å². The number of likely N-dealkylation sites (tertiary alicyclic amines) is 1. The summed E-state index contributed by atoms with van der Waals surface area (Å²) in [5, 5.41) is 0. The number of hydrogen-bond acceptors (Lipinski definition) is 6. The van der Waals surface area contributed by atoms with Gasteiger partial charge in [-0.05, 0) is 111 Å². The number of anilines is 1. The van der Waals surface area contributed by atoms with Crippen molar-refractivity contribution in [2.45, 2.75) is 70.6 Å². The number of ether oxygens (including phenoxy) is 1. The fraction of sp³-hybridized carbons (Fsp3) is 0.543. The van der Waals surface area contributed by atoms with Crippen LogP contribution in [0.1, 0.15) is 68.6 Å². The Bertz CT molecular complexity index is 1570. The van der Waals surface area contributed by atoms with E-state index in [-0.39, 0.29) is 29.4 Å². The van der Waals surface area contributed by atoms with Gasteiger partial charge in [0.1, 0.15) is 6.67 Å². The molecule has 2 fully saturated rings. The van der Waals surface area contributed by atoms with Crippen molar-refractivity contribution >= 4 is 16.0 Å². The molecule has 9 heteroatoms. The minimum atomic E-state index is -3.95. The summed E-state index contributed by atoms with van der Waals surface area (Å²) in [6.45, 7) is 11.2. The second kappa shape index (κ2) is 12.4. The Balaban J connectivity index is 1.38. The number of sulfonamides is 1. The zero-order valence-electron chi connectivity index (χ0n) is 26.4. The molecule has 1 unspecified atom stereocenters. The van der Waals surface area contributed by atoms with Crippen LogP contribution in [0.5, 0.6) is 5.88 Å². The first kappa shape index (κ1) is 31.0. The topological polar surface area (TPSA) is 84.4 Å². The normalized spacial score (nSPS) is 23.2. The van der Waals surface area contributed by atoms with Gasteiger partial charge in [0.2, 0.25) is 11.8 Å². The average molecular weight is 621 g/mol. The standard InChI is InChI=1S/C35H45FN4O3S/c1-23(2)17-27-22-43-31-19-30(32-24(3)7-5-8-25(32)4)37-34(38-31)39-44(41,42)29-10-6-9-26(18-29)33(27)28-20-35(21-28)11-14-40(15-12-35)16-13-36/h5-10,18-19,23,27-28,33H,11-17,20-22H2,1-4H3,(H,37,38,39)/t27-,33?/m1/s1. The predicted molar refractivity (Wildman–Crippen MR) is 172 cm³/mol. The van der Waals surface area contributed by atoms with E-state index in [9.17, 15) is 12.8 Å². The Hall–Kier alpha value is -3.04. The van der Waals surface area contributed by atoms with Crippen LogP contribution < -0.4 is 9.46 Å². The molecule has 6 rings (SSSR count). The number of aromatic nitrogens is 2. The number of rotatable bonds is 6. The van der Waals surface area contributed by atoms with E-state index in [1.54, 1.807) is 6.07 Å². The maximum atomic E-state index is 13.8. The molecule has 2 atom stereocenters. The van der Waals surface area contributed by atoms with Gasteiger partial charge in [0.25, 0.3) is 10.0 Å². The van der Waals surface area contributed by atoms with E-state index >= 15 is 0 Å². The van der Waals surface area contributed by atoms with Gasteiger partial charge < -0.3 is 9.64 Å². The summed E-state index contributed by atoms with van der Waals surface area (Å²) < 4.78 is 49.6. The molecule has 236 valence electrons. The molecule has 3 aliphatic rings. The molecule has 2 aliphatic heterocycles. The number of halogens is 1. The number of benzene rings is 2. The molecule has 1 spiro atoms. The van der Waals surface area contributed by atoms with Gasteiger partial charge in [-0.15, -0.1) is 0 Å². The van der Waals surface area contributed by atoms with E-state index in [4.69, 9.17) is 4.74 Å². The van der Waals surface area contributed by atoms with Crippen LogP contribution in [-0.4, -0.2) is 56.2 Å². The van der Waals surface area contributed by atoms with E-state index in [0.717, 1.165) is 67.4 Å². The van der Waals surface area contributed by atoms with Crippen molar-refractivity contribution in [2.24, 2.45) is 23.2 Å². The van der Waals surface area contributed by atoms with Gasteiger partial charge >= 0.3 is 0 Å². The molecule has 7 nitrogen and oxygen atoms in total. The lowest BCUT2D eigenvalue weighted by Crippen LogP contribution is -2.49. The summed E-state index contributed by atoms with van der Waals surface area (Å²) in [6.07, 6.45) is 5.38. The molecule has 3 heterocycles. The number of alkyl halides is 1. The first-order valence-corrected chi connectivity index (χ1v) is 17.5. The lowest BCUT2D eigenvalue weighted by molar-refractivity contribution is -0.0372. The third-order valence-electron chi connectivity index (χ3n) is 10.2. The Kier molecular flexibility index (Phi) is 8.72. The number of aryl methyl sites for hydroxylation is 2. The SMILES string of the molecule is Cc1cccc(C)c1-c1cc2nc(n1)NS(=O)(=O)c1cccc(c1)C(C1CC3(CCN(CCF)CC3)C1)[C@H](CC(C)C)CO2. The van der Waals surface area contributed by atoms with Crippen LogP contribution in [0.3, 0.4) is 0 Å². The first-order valence-electron chi connectivity index (χ1n) is 16.1. The summed E-state index contributed by atoms with van der Waals surface area (Å²) in [7, 11) is -3.95. The highest BCUT2D eigenvalue weighted by atomic mass is 32.2. The molecular weight excluding hydrogens is 575 g/mol. The second-order valence-corrected chi connectivity index (χ2v) is 15.5. The molecule has 0 amide bonds. The molecule has 44 heavy (non-hydrogen) atoms. The minimum Gasteiger partial charge on any atom is -0.477 e. The fourth-order valence-electron chi connectivity index (χ4n) is 8.09. The van der Waals surface area contributed by atoms with E-state index in [2.05, 4.69) is 39.5 Å². The van der Waals surface area contributed by atoms with Gasteiger partial charge in [0.05, 0.1) is 17.2 Å².